The number of aromatic nitrogens is 3. The second-order valence-corrected chi connectivity index (χ2v) is 12.2. The van der Waals surface area contributed by atoms with E-state index in [4.69, 9.17) is 0 Å². The molecule has 3 fully saturated rings. The fraction of sp³-hybridized carbons (Fsp3) is 0.741. The van der Waals surface area contributed by atoms with Gasteiger partial charge in [0.15, 0.2) is 0 Å². The number of hydrogen-bond donors (Lipinski definition) is 1. The summed E-state index contributed by atoms with van der Waals surface area (Å²) >= 11 is 1.63. The topological polar surface area (TPSA) is 63.1 Å². The summed E-state index contributed by atoms with van der Waals surface area (Å²) in [6.07, 6.45) is 5.67. The molecule has 2 unspecified atom stereocenters. The zero-order valence-electron chi connectivity index (χ0n) is 21.6. The minimum Gasteiger partial charge on any atom is -0.349 e. The van der Waals surface area contributed by atoms with E-state index in [1.54, 1.807) is 11.3 Å². The number of hydrogen-bond acceptors (Lipinski definition) is 5. The van der Waals surface area contributed by atoms with Gasteiger partial charge in [0.25, 0.3) is 0 Å². The Morgan fingerprint density at radius 1 is 1.14 bits per heavy atom. The molecule has 0 aromatic carbocycles. The maximum atomic E-state index is 13.6. The van der Waals surface area contributed by atoms with E-state index in [9.17, 15) is 13.6 Å². The van der Waals surface area contributed by atoms with Crippen LogP contribution in [0.25, 0.3) is 0 Å². The predicted molar refractivity (Wildman–Crippen MR) is 137 cm³/mol. The fourth-order valence-electron chi connectivity index (χ4n) is 6.72. The van der Waals surface area contributed by atoms with E-state index in [1.807, 2.05) is 5.38 Å². The summed E-state index contributed by atoms with van der Waals surface area (Å²) < 4.78 is 29.6. The number of fused-ring (bicyclic) bond motifs is 2. The van der Waals surface area contributed by atoms with Gasteiger partial charge in [-0.2, -0.15) is 11.3 Å². The molecule has 4 heterocycles. The second kappa shape index (κ2) is 10.5. The predicted octanol–water partition coefficient (Wildman–Crippen LogP) is 6.01. The van der Waals surface area contributed by atoms with Gasteiger partial charge in [0.1, 0.15) is 11.6 Å². The quantitative estimate of drug-likeness (QED) is 0.464. The first kappa shape index (κ1) is 25.8. The lowest BCUT2D eigenvalue weighted by molar-refractivity contribution is -0.130. The first-order valence-corrected chi connectivity index (χ1v) is 14.5. The summed E-state index contributed by atoms with van der Waals surface area (Å²) in [7, 11) is 0. The van der Waals surface area contributed by atoms with Crippen molar-refractivity contribution >= 4 is 17.2 Å². The number of aryl methyl sites for hydroxylation is 1. The van der Waals surface area contributed by atoms with Gasteiger partial charge in [-0.05, 0) is 74.3 Å². The lowest BCUT2D eigenvalue weighted by atomic mass is 9.86. The Balaban J connectivity index is 1.22. The van der Waals surface area contributed by atoms with Crippen molar-refractivity contribution in [3.63, 3.8) is 0 Å². The number of carbonyl (C=O) groups excluding carboxylic acids is 1. The van der Waals surface area contributed by atoms with Crippen LogP contribution in [0, 0.1) is 12.8 Å². The fourth-order valence-corrected chi connectivity index (χ4v) is 7.43. The van der Waals surface area contributed by atoms with Gasteiger partial charge in [-0.1, -0.05) is 13.8 Å². The number of alkyl halides is 2. The van der Waals surface area contributed by atoms with Gasteiger partial charge in [0.05, 0.1) is 6.04 Å². The molecule has 5 rings (SSSR count). The molecule has 2 aromatic heterocycles. The highest BCUT2D eigenvalue weighted by atomic mass is 32.1. The molecule has 3 aliphatic rings. The van der Waals surface area contributed by atoms with E-state index in [0.29, 0.717) is 24.0 Å². The molecular weight excluding hydrogens is 480 g/mol. The number of nitrogens with zero attached hydrogens (tertiary/aromatic N) is 4. The van der Waals surface area contributed by atoms with E-state index >= 15 is 0 Å². The van der Waals surface area contributed by atoms with Gasteiger partial charge in [-0.3, -0.25) is 9.69 Å². The number of rotatable bonds is 8. The standard InChI is InChI=1S/C27H39F2N5OS/c1-17(2)25-32-31-18(3)34(25)23-14-21-4-5-22(15-23)33(21)12-8-24(20-9-13-36-16-20)30-26(35)19-6-10-27(28,29)11-7-19/h9,13,16-17,19,21-24H,4-8,10-12,14-15H2,1-3H3,(H,30,35)/t21?,22?,23?,24-/m0/s1. The SMILES string of the molecule is Cc1nnc(C(C)C)n1C1CC2CCC(C1)N2CC[C@H](NC(=O)C1CCC(F)(F)CC1)c1ccsc1. The number of piperidine rings is 1. The summed E-state index contributed by atoms with van der Waals surface area (Å²) in [5.41, 5.74) is 1.12. The Morgan fingerprint density at radius 2 is 1.83 bits per heavy atom. The monoisotopic (exact) mass is 519 g/mol. The summed E-state index contributed by atoms with van der Waals surface area (Å²) in [5, 5.41) is 16.2. The largest absolute Gasteiger partial charge is 0.349 e. The first-order chi connectivity index (χ1) is 17.2. The molecule has 1 amide bonds. The van der Waals surface area contributed by atoms with E-state index in [2.05, 4.69) is 57.2 Å². The van der Waals surface area contributed by atoms with Gasteiger partial charge in [-0.25, -0.2) is 8.78 Å². The summed E-state index contributed by atoms with van der Waals surface area (Å²) in [4.78, 5) is 15.7. The summed E-state index contributed by atoms with van der Waals surface area (Å²) in [5.74, 6) is -0.529. The van der Waals surface area contributed by atoms with Crippen LogP contribution in [0.2, 0.25) is 0 Å². The van der Waals surface area contributed by atoms with Crippen LogP contribution in [0.5, 0.6) is 0 Å². The third kappa shape index (κ3) is 5.37. The molecular formula is C27H39F2N5OS. The van der Waals surface area contributed by atoms with E-state index < -0.39 is 5.92 Å². The van der Waals surface area contributed by atoms with Crippen LogP contribution >= 0.6 is 11.3 Å². The van der Waals surface area contributed by atoms with Gasteiger partial charge in [0, 0.05) is 49.3 Å². The molecule has 6 nitrogen and oxygen atoms in total. The molecule has 0 radical (unpaired) electrons. The average molecular weight is 520 g/mol. The minimum absolute atomic E-state index is 0.0623. The van der Waals surface area contributed by atoms with E-state index in [0.717, 1.165) is 43.0 Å². The van der Waals surface area contributed by atoms with Crippen LogP contribution in [0.3, 0.4) is 0 Å². The van der Waals surface area contributed by atoms with Crippen LogP contribution in [0.4, 0.5) is 8.78 Å². The lowest BCUT2D eigenvalue weighted by Crippen LogP contribution is -2.45. The first-order valence-electron chi connectivity index (χ1n) is 13.6. The van der Waals surface area contributed by atoms with Crippen molar-refractivity contribution in [1.29, 1.82) is 0 Å². The van der Waals surface area contributed by atoms with Crippen molar-refractivity contribution in [3.8, 4) is 0 Å². The van der Waals surface area contributed by atoms with Crippen LogP contribution in [-0.2, 0) is 4.79 Å². The van der Waals surface area contributed by atoms with E-state index in [-0.39, 0.29) is 43.6 Å². The van der Waals surface area contributed by atoms with Crippen molar-refractivity contribution in [2.45, 2.75) is 115 Å². The molecule has 1 aliphatic carbocycles. The Hall–Kier alpha value is -1.87. The molecule has 3 atom stereocenters. The third-order valence-electron chi connectivity index (χ3n) is 8.66. The average Bonchev–Trinajstić information content (AvgIpc) is 3.55. The number of nitrogens with one attached hydrogen (secondary N) is 1. The normalized spacial score (nSPS) is 27.4. The lowest BCUT2D eigenvalue weighted by Gasteiger charge is -2.40. The Morgan fingerprint density at radius 3 is 2.44 bits per heavy atom. The number of halogens is 2. The molecule has 2 bridgehead atoms. The molecule has 1 N–H and O–H groups in total. The molecule has 2 aromatic rings. The van der Waals surface area contributed by atoms with Crippen molar-refractivity contribution in [2.75, 3.05) is 6.54 Å². The number of thiophene rings is 1. The molecule has 36 heavy (non-hydrogen) atoms. The van der Waals surface area contributed by atoms with Gasteiger partial charge in [0.2, 0.25) is 11.8 Å². The minimum atomic E-state index is -2.61. The highest BCUT2D eigenvalue weighted by Gasteiger charge is 2.42. The smallest absolute Gasteiger partial charge is 0.248 e. The molecule has 2 aliphatic heterocycles. The molecule has 9 heteroatoms. The maximum absolute atomic E-state index is 13.6. The Kier molecular flexibility index (Phi) is 7.50. The van der Waals surface area contributed by atoms with Crippen LogP contribution in [-0.4, -0.2) is 50.1 Å². The molecule has 1 saturated carbocycles. The molecule has 2 saturated heterocycles. The van der Waals surface area contributed by atoms with Gasteiger partial charge < -0.3 is 9.88 Å². The highest BCUT2D eigenvalue weighted by Crippen LogP contribution is 2.42. The number of amides is 1. The van der Waals surface area contributed by atoms with Crippen molar-refractivity contribution < 1.29 is 13.6 Å². The Bertz CT molecular complexity index is 1020. The highest BCUT2D eigenvalue weighted by molar-refractivity contribution is 7.08. The zero-order valence-corrected chi connectivity index (χ0v) is 22.4. The van der Waals surface area contributed by atoms with Crippen LogP contribution in [0.1, 0.15) is 107 Å². The molecule has 0 spiro atoms. The van der Waals surface area contributed by atoms with Gasteiger partial charge >= 0.3 is 0 Å². The number of carbonyl (C=O) groups is 1. The van der Waals surface area contributed by atoms with Crippen LogP contribution < -0.4 is 5.32 Å². The zero-order chi connectivity index (χ0) is 25.4. The van der Waals surface area contributed by atoms with Crippen molar-refractivity contribution in [1.82, 2.24) is 25.0 Å². The summed E-state index contributed by atoms with van der Waals surface area (Å²) in [6, 6.07) is 3.53. The van der Waals surface area contributed by atoms with Crippen LogP contribution in [0.15, 0.2) is 16.8 Å². The summed E-state index contributed by atoms with van der Waals surface area (Å²) in [6.45, 7) is 7.36. The second-order valence-electron chi connectivity index (χ2n) is 11.4. The van der Waals surface area contributed by atoms with E-state index in [1.165, 1.54) is 12.8 Å². The van der Waals surface area contributed by atoms with Crippen molar-refractivity contribution in [3.05, 3.63) is 34.0 Å². The third-order valence-corrected chi connectivity index (χ3v) is 9.36. The van der Waals surface area contributed by atoms with Crippen molar-refractivity contribution in [2.24, 2.45) is 5.92 Å². The maximum Gasteiger partial charge on any atom is 0.248 e. The Labute approximate surface area is 216 Å². The van der Waals surface area contributed by atoms with Gasteiger partial charge in [-0.15, -0.1) is 10.2 Å². The molecule has 198 valence electrons.